The summed E-state index contributed by atoms with van der Waals surface area (Å²) in [5.74, 6) is 0. The van der Waals surface area contributed by atoms with Gasteiger partial charge in [0.15, 0.2) is 7.98 Å². The maximum absolute atomic E-state index is 5.24. The molecule has 0 atom stereocenters. The third-order valence-corrected chi connectivity index (χ3v) is 0.673. The van der Waals surface area contributed by atoms with Crippen LogP contribution in [0.3, 0.4) is 0 Å². The first-order chi connectivity index (χ1) is 3.31. The molecule has 0 bridgehead atoms. The van der Waals surface area contributed by atoms with Crippen LogP contribution in [0.5, 0.6) is 0 Å². The molecule has 0 aliphatic rings. The van der Waals surface area contributed by atoms with E-state index in [1.807, 2.05) is 6.92 Å². The molecular weight excluding hydrogens is 82.5 g/mol. The van der Waals surface area contributed by atoms with Crippen LogP contribution in [0.1, 0.15) is 13.3 Å². The Balaban J connectivity index is 2.83. The molecule has 0 heterocycles. The van der Waals surface area contributed by atoms with Crippen LogP contribution in [0.2, 0.25) is 0 Å². The normalized spacial score (nSPS) is 9.43. The minimum atomic E-state index is 0.830. The monoisotopic (exact) mass is 90.1 g/mol. The lowest BCUT2D eigenvalue weighted by atomic mass is 9.63. The van der Waals surface area contributed by atoms with Crippen molar-refractivity contribution in [1.82, 2.24) is 4.72 Å². The Morgan fingerprint density at radius 2 is 2.29 bits per heavy atom. The van der Waals surface area contributed by atoms with E-state index in [1.165, 1.54) is 12.0 Å². The Morgan fingerprint density at radius 3 is 2.43 bits per heavy atom. The predicted octanol–water partition coefficient (Wildman–Crippen LogP) is -0.515. The second-order valence-corrected chi connectivity index (χ2v) is 1.39. The highest BCUT2D eigenvalue weighted by molar-refractivity contribution is 6.89. The smallest absolute Gasteiger partial charge is 0.166 e. The maximum atomic E-state index is 5.24. The van der Waals surface area contributed by atoms with Crippen LogP contribution in [0.4, 0.5) is 0 Å². The summed E-state index contributed by atoms with van der Waals surface area (Å²) < 4.78 is 1.46. The Labute approximate surface area is 48.5 Å². The molecule has 0 fully saturated rings. The molecule has 0 aliphatic carbocycles. The molecule has 0 aromatic heterocycles. The van der Waals surface area contributed by atoms with Gasteiger partial charge in [-0.05, 0) is 13.0 Å². The third-order valence-electron chi connectivity index (χ3n) is 0.673. The zero-order chi connectivity index (χ0) is 5.70. The van der Waals surface area contributed by atoms with Gasteiger partial charge in [0.2, 0.25) is 0 Å². The summed E-state index contributed by atoms with van der Waals surface area (Å²) in [6.07, 6.45) is 1.03. The van der Waals surface area contributed by atoms with Crippen LogP contribution in [0, 0.1) is 0 Å². The second-order valence-electron chi connectivity index (χ2n) is 1.39. The van der Waals surface area contributed by atoms with Gasteiger partial charge in [-0.2, -0.15) is 0 Å². The van der Waals surface area contributed by atoms with E-state index in [1.54, 1.807) is 0 Å². The number of nitrogens with zero attached hydrogens (tertiary/aromatic N) is 1. The molecule has 0 saturated heterocycles. The standard InChI is InChI=1S/C3H7B3N/c1-2-3-7(5)6-4/h2-3H2,1H3. The topological polar surface area (TPSA) is 3.24 Å². The molecule has 5 radical (unpaired) electrons. The molecule has 33 valence electrons. The van der Waals surface area contributed by atoms with Crippen molar-refractivity contribution in [1.29, 1.82) is 0 Å². The second kappa shape index (κ2) is 4.32. The van der Waals surface area contributed by atoms with E-state index >= 15 is 0 Å². The molecule has 0 aromatic rings. The number of rotatable bonds is 3. The van der Waals surface area contributed by atoms with Crippen LogP contribution in [-0.4, -0.2) is 34.3 Å². The van der Waals surface area contributed by atoms with Gasteiger partial charge < -0.3 is 4.72 Å². The summed E-state index contributed by atoms with van der Waals surface area (Å²) >= 11 is 0. The van der Waals surface area contributed by atoms with Crippen molar-refractivity contribution >= 4 is 23.0 Å². The summed E-state index contributed by atoms with van der Waals surface area (Å²) in [4.78, 5) is 0. The lowest BCUT2D eigenvalue weighted by molar-refractivity contribution is 0.672. The van der Waals surface area contributed by atoms with Crippen LogP contribution >= 0.6 is 0 Å². The van der Waals surface area contributed by atoms with E-state index in [4.69, 9.17) is 15.7 Å². The van der Waals surface area contributed by atoms with Crippen LogP contribution in [-0.2, 0) is 0 Å². The van der Waals surface area contributed by atoms with Gasteiger partial charge in [-0.15, -0.1) is 0 Å². The highest BCUT2D eigenvalue weighted by Gasteiger charge is 1.87. The van der Waals surface area contributed by atoms with Crippen LogP contribution in [0.25, 0.3) is 0 Å². The Bertz CT molecular complexity index is 41.2. The largest absolute Gasteiger partial charge is 0.406 e. The highest BCUT2D eigenvalue weighted by atomic mass is 14.9. The SMILES string of the molecule is [B][B]N([B])CCC. The van der Waals surface area contributed by atoms with Gasteiger partial charge in [-0.3, -0.25) is 0 Å². The van der Waals surface area contributed by atoms with E-state index in [-0.39, 0.29) is 0 Å². The van der Waals surface area contributed by atoms with E-state index < -0.39 is 0 Å². The first-order valence-corrected chi connectivity index (χ1v) is 2.37. The quantitative estimate of drug-likeness (QED) is 0.421. The lowest BCUT2D eigenvalue weighted by Gasteiger charge is -2.10. The molecule has 1 nitrogen and oxygen atoms in total. The first kappa shape index (κ1) is 7.15. The fraction of sp³-hybridized carbons (Fsp3) is 1.00. The maximum Gasteiger partial charge on any atom is 0.166 e. The lowest BCUT2D eigenvalue weighted by Crippen LogP contribution is -2.25. The van der Waals surface area contributed by atoms with Crippen molar-refractivity contribution in [2.45, 2.75) is 13.3 Å². The van der Waals surface area contributed by atoms with Gasteiger partial charge in [0.1, 0.15) is 7.31 Å². The van der Waals surface area contributed by atoms with Crippen LogP contribution in [0.15, 0.2) is 0 Å². The van der Waals surface area contributed by atoms with Crippen molar-refractivity contribution in [3.05, 3.63) is 0 Å². The Kier molecular flexibility index (Phi) is 4.41. The van der Waals surface area contributed by atoms with Crippen molar-refractivity contribution in [2.75, 3.05) is 6.54 Å². The molecule has 0 aromatic carbocycles. The van der Waals surface area contributed by atoms with Gasteiger partial charge >= 0.3 is 0 Å². The van der Waals surface area contributed by atoms with E-state index in [0.717, 1.165) is 13.0 Å². The first-order valence-electron chi connectivity index (χ1n) is 2.37. The molecule has 0 rings (SSSR count). The van der Waals surface area contributed by atoms with Gasteiger partial charge in [0.25, 0.3) is 0 Å². The van der Waals surface area contributed by atoms with Crippen molar-refractivity contribution < 1.29 is 0 Å². The fourth-order valence-corrected chi connectivity index (χ4v) is 0.333. The summed E-state index contributed by atoms with van der Waals surface area (Å²) in [5, 5.41) is 0. The third kappa shape index (κ3) is 4.00. The summed E-state index contributed by atoms with van der Waals surface area (Å²) in [5.41, 5.74) is 0. The number of hydrogen-bond acceptors (Lipinski definition) is 1. The average molecular weight is 89.5 g/mol. The van der Waals surface area contributed by atoms with E-state index in [0.29, 0.717) is 0 Å². The minimum Gasteiger partial charge on any atom is -0.406 e. The summed E-state index contributed by atoms with van der Waals surface area (Å²) in [7, 11) is 11.6. The van der Waals surface area contributed by atoms with Gasteiger partial charge in [0, 0.05) is 7.74 Å². The van der Waals surface area contributed by atoms with E-state index in [9.17, 15) is 0 Å². The van der Waals surface area contributed by atoms with Crippen LogP contribution < -0.4 is 0 Å². The number of hydrogen-bond donors (Lipinski definition) is 0. The molecule has 4 heteroatoms. The van der Waals surface area contributed by atoms with Gasteiger partial charge in [-0.1, -0.05) is 6.92 Å². The molecule has 0 unspecified atom stereocenters. The zero-order valence-corrected chi connectivity index (χ0v) is 4.59. The van der Waals surface area contributed by atoms with Crippen molar-refractivity contribution in [3.8, 4) is 0 Å². The predicted molar refractivity (Wildman–Crippen MR) is 34.3 cm³/mol. The molecule has 7 heavy (non-hydrogen) atoms. The van der Waals surface area contributed by atoms with Crippen molar-refractivity contribution in [3.63, 3.8) is 0 Å². The highest BCUT2D eigenvalue weighted by Crippen LogP contribution is 1.77. The summed E-state index contributed by atoms with van der Waals surface area (Å²) in [6, 6.07) is 0. The van der Waals surface area contributed by atoms with Crippen molar-refractivity contribution in [2.24, 2.45) is 0 Å². The van der Waals surface area contributed by atoms with E-state index in [2.05, 4.69) is 0 Å². The average Bonchev–Trinajstić information content (AvgIpc) is 1.68. The molecular formula is C3H7B3N. The molecule has 0 saturated carbocycles. The van der Waals surface area contributed by atoms with Gasteiger partial charge in [0.05, 0.1) is 0 Å². The zero-order valence-electron chi connectivity index (χ0n) is 4.59. The molecule has 0 aliphatic heterocycles. The fourth-order valence-electron chi connectivity index (χ4n) is 0.333. The molecule has 0 spiro atoms. The Hall–Kier alpha value is 0.155. The Morgan fingerprint density at radius 1 is 1.71 bits per heavy atom. The minimum absolute atomic E-state index is 0.830. The molecule has 0 amide bonds. The van der Waals surface area contributed by atoms with Gasteiger partial charge in [-0.25, -0.2) is 0 Å². The summed E-state index contributed by atoms with van der Waals surface area (Å²) in [6.45, 7) is 2.87. The molecule has 0 N–H and O–H groups in total.